The number of methoxy groups -OCH3 is 2. The summed E-state index contributed by atoms with van der Waals surface area (Å²) in [5, 5.41) is 0.843. The van der Waals surface area contributed by atoms with E-state index >= 15 is 0 Å². The number of fused-ring (bicyclic) bond motifs is 1. The molecule has 0 spiro atoms. The van der Waals surface area contributed by atoms with E-state index in [1.54, 1.807) is 38.3 Å². The van der Waals surface area contributed by atoms with Gasteiger partial charge in [-0.15, -0.1) is 0 Å². The fourth-order valence-corrected chi connectivity index (χ4v) is 2.57. The molecule has 124 valence electrons. The summed E-state index contributed by atoms with van der Waals surface area (Å²) in [5.41, 5.74) is 1.60. The minimum Gasteiger partial charge on any atom is -0.497 e. The van der Waals surface area contributed by atoms with Crippen LogP contribution in [0.25, 0.3) is 11.0 Å². The molecule has 0 aliphatic carbocycles. The van der Waals surface area contributed by atoms with Crippen molar-refractivity contribution in [2.45, 2.75) is 6.54 Å². The van der Waals surface area contributed by atoms with Crippen LogP contribution in [0, 0.1) is 0 Å². The summed E-state index contributed by atoms with van der Waals surface area (Å²) >= 11 is 0. The van der Waals surface area contributed by atoms with Crippen LogP contribution in [-0.4, -0.2) is 32.1 Å². The Morgan fingerprint density at radius 1 is 1.08 bits per heavy atom. The zero-order chi connectivity index (χ0) is 17.1. The number of benzene rings is 2. The van der Waals surface area contributed by atoms with Gasteiger partial charge in [0.15, 0.2) is 17.1 Å². The maximum absolute atomic E-state index is 12.6. The molecule has 5 nitrogen and oxygen atoms in total. The van der Waals surface area contributed by atoms with Gasteiger partial charge in [-0.05, 0) is 29.8 Å². The normalized spacial score (nSPS) is 10.6. The predicted octanol–water partition coefficient (Wildman–Crippen LogP) is 3.72. The number of nitrogens with zero attached hydrogens (tertiary/aromatic N) is 1. The van der Waals surface area contributed by atoms with Crippen LogP contribution in [0.2, 0.25) is 0 Å². The summed E-state index contributed by atoms with van der Waals surface area (Å²) in [6, 6.07) is 14.9. The largest absolute Gasteiger partial charge is 0.497 e. The van der Waals surface area contributed by atoms with Gasteiger partial charge in [0.05, 0.1) is 14.2 Å². The monoisotopic (exact) mass is 325 g/mol. The number of hydrogen-bond acceptors (Lipinski definition) is 4. The highest BCUT2D eigenvalue weighted by atomic mass is 16.5. The van der Waals surface area contributed by atoms with Crippen LogP contribution >= 0.6 is 0 Å². The summed E-state index contributed by atoms with van der Waals surface area (Å²) in [5.74, 6) is 1.52. The van der Waals surface area contributed by atoms with E-state index in [-0.39, 0.29) is 5.91 Å². The second-order valence-electron chi connectivity index (χ2n) is 5.50. The Kier molecular flexibility index (Phi) is 4.42. The molecule has 0 aliphatic heterocycles. The third kappa shape index (κ3) is 3.06. The molecule has 0 radical (unpaired) electrons. The summed E-state index contributed by atoms with van der Waals surface area (Å²) in [6.07, 6.45) is 0. The van der Waals surface area contributed by atoms with Gasteiger partial charge in [0.1, 0.15) is 5.75 Å². The second-order valence-corrected chi connectivity index (χ2v) is 5.50. The SMILES string of the molecule is COc1ccc(CN(C)C(=O)c2cc3cccc(OC)c3o2)cc1. The van der Waals surface area contributed by atoms with E-state index in [4.69, 9.17) is 13.9 Å². The van der Waals surface area contributed by atoms with E-state index in [1.807, 2.05) is 36.4 Å². The van der Waals surface area contributed by atoms with Crippen molar-refractivity contribution in [3.05, 3.63) is 59.9 Å². The number of ether oxygens (including phenoxy) is 2. The quantitative estimate of drug-likeness (QED) is 0.717. The fourth-order valence-electron chi connectivity index (χ4n) is 2.57. The minimum atomic E-state index is -0.177. The number of amides is 1. The summed E-state index contributed by atoms with van der Waals surface area (Å²) < 4.78 is 16.1. The molecule has 0 aliphatic rings. The molecular weight excluding hydrogens is 306 g/mol. The zero-order valence-electron chi connectivity index (χ0n) is 13.9. The molecule has 0 bridgehead atoms. The van der Waals surface area contributed by atoms with Gasteiger partial charge in [-0.1, -0.05) is 24.3 Å². The van der Waals surface area contributed by atoms with Gasteiger partial charge in [-0.3, -0.25) is 4.79 Å². The highest BCUT2D eigenvalue weighted by Crippen LogP contribution is 2.29. The highest BCUT2D eigenvalue weighted by Gasteiger charge is 2.18. The number of carbonyl (C=O) groups excluding carboxylic acids is 1. The molecule has 1 heterocycles. The number of hydrogen-bond donors (Lipinski definition) is 0. The van der Waals surface area contributed by atoms with Gasteiger partial charge in [0.2, 0.25) is 0 Å². The maximum Gasteiger partial charge on any atom is 0.289 e. The molecule has 0 fully saturated rings. The van der Waals surface area contributed by atoms with Crippen LogP contribution in [0.5, 0.6) is 11.5 Å². The first kappa shape index (κ1) is 15.9. The first-order valence-corrected chi connectivity index (χ1v) is 7.57. The van der Waals surface area contributed by atoms with Crippen molar-refractivity contribution < 1.29 is 18.7 Å². The topological polar surface area (TPSA) is 51.9 Å². The Hall–Kier alpha value is -2.95. The Bertz CT molecular complexity index is 851. The summed E-state index contributed by atoms with van der Waals surface area (Å²) in [4.78, 5) is 14.2. The predicted molar refractivity (Wildman–Crippen MR) is 91.6 cm³/mol. The Morgan fingerprint density at radius 2 is 1.83 bits per heavy atom. The summed E-state index contributed by atoms with van der Waals surface area (Å²) in [6.45, 7) is 0.483. The number of carbonyl (C=O) groups is 1. The van der Waals surface area contributed by atoms with Crippen LogP contribution in [0.1, 0.15) is 16.1 Å². The van der Waals surface area contributed by atoms with E-state index in [2.05, 4.69) is 0 Å². The van der Waals surface area contributed by atoms with E-state index in [1.165, 1.54) is 0 Å². The highest BCUT2D eigenvalue weighted by molar-refractivity contribution is 5.97. The molecule has 0 N–H and O–H groups in total. The van der Waals surface area contributed by atoms with Crippen molar-refractivity contribution in [2.75, 3.05) is 21.3 Å². The molecule has 0 atom stereocenters. The van der Waals surface area contributed by atoms with Crippen LogP contribution in [-0.2, 0) is 6.54 Å². The fraction of sp³-hybridized carbons (Fsp3) is 0.211. The molecule has 1 amide bonds. The van der Waals surface area contributed by atoms with Crippen molar-refractivity contribution in [1.82, 2.24) is 4.90 Å². The Balaban J connectivity index is 1.79. The molecule has 1 aromatic heterocycles. The van der Waals surface area contributed by atoms with Gasteiger partial charge in [-0.2, -0.15) is 0 Å². The first-order valence-electron chi connectivity index (χ1n) is 7.57. The van der Waals surface area contributed by atoms with Crippen LogP contribution in [0.4, 0.5) is 0 Å². The Labute approximate surface area is 140 Å². The van der Waals surface area contributed by atoms with Gasteiger partial charge in [0, 0.05) is 19.0 Å². The number of rotatable bonds is 5. The minimum absolute atomic E-state index is 0.177. The van der Waals surface area contributed by atoms with Gasteiger partial charge in [0.25, 0.3) is 5.91 Å². The number of para-hydroxylation sites is 1. The van der Waals surface area contributed by atoms with Crippen molar-refractivity contribution >= 4 is 16.9 Å². The van der Waals surface area contributed by atoms with Gasteiger partial charge >= 0.3 is 0 Å². The maximum atomic E-state index is 12.6. The molecular formula is C19H19NO4. The zero-order valence-corrected chi connectivity index (χ0v) is 13.9. The molecule has 2 aromatic carbocycles. The van der Waals surface area contributed by atoms with Crippen molar-refractivity contribution in [3.8, 4) is 11.5 Å². The molecule has 3 rings (SSSR count). The molecule has 24 heavy (non-hydrogen) atoms. The summed E-state index contributed by atoms with van der Waals surface area (Å²) in [7, 11) is 4.95. The molecule has 3 aromatic rings. The van der Waals surface area contributed by atoms with Crippen molar-refractivity contribution in [2.24, 2.45) is 0 Å². The average molecular weight is 325 g/mol. The van der Waals surface area contributed by atoms with E-state index in [9.17, 15) is 4.79 Å². The number of furan rings is 1. The lowest BCUT2D eigenvalue weighted by Crippen LogP contribution is -2.25. The standard InChI is InChI=1S/C19H19NO4/c1-20(12-13-7-9-15(22-2)10-8-13)19(21)17-11-14-5-4-6-16(23-3)18(14)24-17/h4-11H,12H2,1-3H3. The molecule has 5 heteroatoms. The van der Waals surface area contributed by atoms with Crippen molar-refractivity contribution in [1.29, 1.82) is 0 Å². The molecule has 0 saturated heterocycles. The second kappa shape index (κ2) is 6.66. The smallest absolute Gasteiger partial charge is 0.289 e. The lowest BCUT2D eigenvalue weighted by Gasteiger charge is -2.16. The third-order valence-corrected chi connectivity index (χ3v) is 3.86. The lowest BCUT2D eigenvalue weighted by molar-refractivity contribution is 0.0755. The Morgan fingerprint density at radius 3 is 2.50 bits per heavy atom. The first-order chi connectivity index (χ1) is 11.6. The van der Waals surface area contributed by atoms with Crippen LogP contribution < -0.4 is 9.47 Å². The average Bonchev–Trinajstić information content (AvgIpc) is 3.05. The molecule has 0 unspecified atom stereocenters. The van der Waals surface area contributed by atoms with Crippen LogP contribution in [0.15, 0.2) is 52.9 Å². The van der Waals surface area contributed by atoms with Crippen molar-refractivity contribution in [3.63, 3.8) is 0 Å². The lowest BCUT2D eigenvalue weighted by atomic mass is 10.2. The molecule has 0 saturated carbocycles. The van der Waals surface area contributed by atoms with Gasteiger partial charge < -0.3 is 18.8 Å². The van der Waals surface area contributed by atoms with Crippen LogP contribution in [0.3, 0.4) is 0 Å². The third-order valence-electron chi connectivity index (χ3n) is 3.86. The van der Waals surface area contributed by atoms with E-state index < -0.39 is 0 Å². The van der Waals surface area contributed by atoms with E-state index in [0.29, 0.717) is 23.6 Å². The van der Waals surface area contributed by atoms with E-state index in [0.717, 1.165) is 16.7 Å². The van der Waals surface area contributed by atoms with Gasteiger partial charge in [-0.25, -0.2) is 0 Å².